The summed E-state index contributed by atoms with van der Waals surface area (Å²) >= 11 is 0. The number of Topliss-reactive ketones (excluding diaryl/α,β-unsaturated/α-hetero) is 1. The summed E-state index contributed by atoms with van der Waals surface area (Å²) in [5.41, 5.74) is 4.16. The Morgan fingerprint density at radius 2 is 1.68 bits per heavy atom. The minimum atomic E-state index is -1.01. The number of carbonyl (C=O) groups excluding carboxylic acids is 2. The maximum absolute atomic E-state index is 13.2. The third-order valence-electron chi connectivity index (χ3n) is 4.88. The number of benzene rings is 2. The molecule has 1 aliphatic rings. The number of aryl methyl sites for hydroxylation is 2. The molecule has 0 N–H and O–H groups in total. The van der Waals surface area contributed by atoms with Crippen molar-refractivity contribution in [3.63, 3.8) is 0 Å². The molecule has 0 aliphatic carbocycles. The predicted octanol–water partition coefficient (Wildman–Crippen LogP) is 4.84. The molecule has 0 aromatic heterocycles. The van der Waals surface area contributed by atoms with Gasteiger partial charge in [0.1, 0.15) is 18.0 Å². The number of ketones is 1. The Hall–Kier alpha value is -2.92. The molecule has 2 aromatic rings. The van der Waals surface area contributed by atoms with Crippen LogP contribution in [0.1, 0.15) is 30.5 Å². The van der Waals surface area contributed by atoms with E-state index in [1.54, 1.807) is 13.8 Å². The van der Waals surface area contributed by atoms with Crippen molar-refractivity contribution in [1.82, 2.24) is 0 Å². The Morgan fingerprint density at radius 3 is 2.32 bits per heavy atom. The van der Waals surface area contributed by atoms with Crippen LogP contribution in [0.2, 0.25) is 0 Å². The first-order chi connectivity index (χ1) is 13.2. The molecule has 0 radical (unpaired) electrons. The van der Waals surface area contributed by atoms with E-state index in [1.165, 1.54) is 12.7 Å². The SMILES string of the molecule is COC(=O)OC1=C(c2cc(-c3ccc(C)cc3)ccc2C)C(=O)C(C)(C)OC1. The van der Waals surface area contributed by atoms with E-state index in [0.29, 0.717) is 5.57 Å². The first kappa shape index (κ1) is 19.8. The van der Waals surface area contributed by atoms with Crippen LogP contribution in [0, 0.1) is 13.8 Å². The number of ether oxygens (including phenoxy) is 3. The van der Waals surface area contributed by atoms with Crippen molar-refractivity contribution in [2.45, 2.75) is 33.3 Å². The second-order valence-corrected chi connectivity index (χ2v) is 7.38. The lowest BCUT2D eigenvalue weighted by atomic mass is 9.85. The minimum absolute atomic E-state index is 0.0113. The highest BCUT2D eigenvalue weighted by Crippen LogP contribution is 2.36. The van der Waals surface area contributed by atoms with Gasteiger partial charge in [0, 0.05) is 0 Å². The molecule has 0 unspecified atom stereocenters. The maximum Gasteiger partial charge on any atom is 0.513 e. The van der Waals surface area contributed by atoms with Gasteiger partial charge >= 0.3 is 6.16 Å². The third-order valence-corrected chi connectivity index (χ3v) is 4.88. The zero-order chi connectivity index (χ0) is 20.5. The normalized spacial score (nSPS) is 16.1. The second-order valence-electron chi connectivity index (χ2n) is 7.38. The van der Waals surface area contributed by atoms with Gasteiger partial charge in [-0.05, 0) is 56.0 Å². The van der Waals surface area contributed by atoms with Crippen molar-refractivity contribution < 1.29 is 23.8 Å². The van der Waals surface area contributed by atoms with Gasteiger partial charge in [0.25, 0.3) is 0 Å². The highest BCUT2D eigenvalue weighted by molar-refractivity contribution is 6.26. The minimum Gasteiger partial charge on any atom is -0.437 e. The summed E-state index contributed by atoms with van der Waals surface area (Å²) in [6.07, 6.45) is -0.879. The van der Waals surface area contributed by atoms with Crippen molar-refractivity contribution in [2.75, 3.05) is 13.7 Å². The van der Waals surface area contributed by atoms with Crippen LogP contribution in [-0.2, 0) is 19.0 Å². The van der Waals surface area contributed by atoms with Gasteiger partial charge in [0.2, 0.25) is 0 Å². The number of hydrogen-bond donors (Lipinski definition) is 0. The fourth-order valence-corrected chi connectivity index (χ4v) is 3.12. The average molecular weight is 380 g/mol. The summed E-state index contributed by atoms with van der Waals surface area (Å²) < 4.78 is 15.5. The Morgan fingerprint density at radius 1 is 1.04 bits per heavy atom. The maximum atomic E-state index is 13.2. The third kappa shape index (κ3) is 3.85. The quantitative estimate of drug-likeness (QED) is 0.713. The molecular formula is C23H24O5. The van der Waals surface area contributed by atoms with Crippen LogP contribution in [0.4, 0.5) is 4.79 Å². The van der Waals surface area contributed by atoms with Crippen LogP contribution < -0.4 is 0 Å². The lowest BCUT2D eigenvalue weighted by Gasteiger charge is -2.31. The molecule has 0 spiro atoms. The number of hydrogen-bond acceptors (Lipinski definition) is 5. The lowest BCUT2D eigenvalue weighted by molar-refractivity contribution is -0.136. The summed E-state index contributed by atoms with van der Waals surface area (Å²) in [4.78, 5) is 24.8. The van der Waals surface area contributed by atoms with Crippen molar-refractivity contribution in [1.29, 1.82) is 0 Å². The molecule has 0 amide bonds. The van der Waals surface area contributed by atoms with Crippen LogP contribution in [0.25, 0.3) is 16.7 Å². The van der Waals surface area contributed by atoms with E-state index in [1.807, 2.05) is 56.3 Å². The Kier molecular flexibility index (Phi) is 5.38. The van der Waals surface area contributed by atoms with Crippen LogP contribution in [-0.4, -0.2) is 31.3 Å². The van der Waals surface area contributed by atoms with Gasteiger partial charge in [-0.25, -0.2) is 4.79 Å². The number of carbonyl (C=O) groups is 2. The van der Waals surface area contributed by atoms with Crippen LogP contribution in [0.5, 0.6) is 0 Å². The molecule has 1 aliphatic heterocycles. The molecule has 5 heteroatoms. The largest absolute Gasteiger partial charge is 0.513 e. The van der Waals surface area contributed by atoms with Crippen molar-refractivity contribution >= 4 is 17.5 Å². The monoisotopic (exact) mass is 380 g/mol. The van der Waals surface area contributed by atoms with E-state index in [4.69, 9.17) is 9.47 Å². The molecule has 146 valence electrons. The molecule has 0 saturated carbocycles. The fraction of sp³-hybridized carbons (Fsp3) is 0.304. The standard InChI is InChI=1S/C23H24O5/c1-14-6-9-16(10-7-14)17-11-8-15(2)18(12-17)20-19(28-22(25)26-5)13-27-23(3,4)21(20)24/h6-12H,13H2,1-5H3. The van der Waals surface area contributed by atoms with Crippen LogP contribution in [0.15, 0.2) is 48.2 Å². The van der Waals surface area contributed by atoms with Crippen LogP contribution in [0.3, 0.4) is 0 Å². The average Bonchev–Trinajstić information content (AvgIpc) is 2.67. The molecule has 3 rings (SSSR count). The summed E-state index contributed by atoms with van der Waals surface area (Å²) in [5.74, 6) is -0.0675. The molecule has 0 atom stereocenters. The van der Waals surface area contributed by atoms with E-state index >= 15 is 0 Å². The Labute approximate surface area is 164 Å². The summed E-state index contributed by atoms with van der Waals surface area (Å²) in [6, 6.07) is 14.1. The first-order valence-electron chi connectivity index (χ1n) is 9.08. The van der Waals surface area contributed by atoms with Crippen molar-refractivity contribution in [2.24, 2.45) is 0 Å². The zero-order valence-corrected chi connectivity index (χ0v) is 16.8. The van der Waals surface area contributed by atoms with Gasteiger partial charge in [0.15, 0.2) is 5.78 Å². The molecule has 5 nitrogen and oxygen atoms in total. The molecule has 0 saturated heterocycles. The predicted molar refractivity (Wildman–Crippen MR) is 107 cm³/mol. The van der Waals surface area contributed by atoms with E-state index < -0.39 is 11.8 Å². The molecular weight excluding hydrogens is 356 g/mol. The Balaban J connectivity index is 2.16. The lowest BCUT2D eigenvalue weighted by Crippen LogP contribution is -2.41. The molecule has 28 heavy (non-hydrogen) atoms. The van der Waals surface area contributed by atoms with E-state index in [2.05, 4.69) is 4.74 Å². The molecule has 0 fully saturated rings. The smallest absolute Gasteiger partial charge is 0.437 e. The van der Waals surface area contributed by atoms with Gasteiger partial charge in [-0.3, -0.25) is 4.79 Å². The summed E-state index contributed by atoms with van der Waals surface area (Å²) in [5, 5.41) is 0. The highest BCUT2D eigenvalue weighted by Gasteiger charge is 2.40. The number of methoxy groups -OCH3 is 1. The van der Waals surface area contributed by atoms with Gasteiger partial charge in [-0.2, -0.15) is 0 Å². The van der Waals surface area contributed by atoms with Crippen molar-refractivity contribution in [3.8, 4) is 11.1 Å². The number of rotatable bonds is 3. The molecule has 0 bridgehead atoms. The van der Waals surface area contributed by atoms with E-state index in [0.717, 1.165) is 22.3 Å². The van der Waals surface area contributed by atoms with Crippen molar-refractivity contribution in [3.05, 3.63) is 64.9 Å². The van der Waals surface area contributed by atoms with E-state index in [9.17, 15) is 9.59 Å². The highest BCUT2D eigenvalue weighted by atomic mass is 16.7. The first-order valence-corrected chi connectivity index (χ1v) is 9.08. The van der Waals surface area contributed by atoms with Crippen LogP contribution >= 0.6 is 0 Å². The van der Waals surface area contributed by atoms with Gasteiger partial charge in [-0.15, -0.1) is 0 Å². The van der Waals surface area contributed by atoms with Gasteiger partial charge in [0.05, 0.1) is 12.7 Å². The summed E-state index contributed by atoms with van der Waals surface area (Å²) in [6.45, 7) is 7.39. The van der Waals surface area contributed by atoms with Gasteiger partial charge < -0.3 is 14.2 Å². The molecule has 1 heterocycles. The fourth-order valence-electron chi connectivity index (χ4n) is 3.12. The molecule has 2 aromatic carbocycles. The van der Waals surface area contributed by atoms with Gasteiger partial charge in [-0.1, -0.05) is 42.0 Å². The second kappa shape index (κ2) is 7.60. The summed E-state index contributed by atoms with van der Waals surface area (Å²) in [7, 11) is 1.22. The van der Waals surface area contributed by atoms with E-state index in [-0.39, 0.29) is 18.1 Å². The Bertz CT molecular complexity index is 951. The topological polar surface area (TPSA) is 61.8 Å². The zero-order valence-electron chi connectivity index (χ0n) is 16.8.